The SMILES string of the molecule is CCCCOC(=O)c1nc(-c2ccc(S(N)(=O)=O)cc2)c(-c2ccc(F)cc2)s1. The average molecular weight is 435 g/mol. The number of hydrogen-bond acceptors (Lipinski definition) is 6. The van der Waals surface area contributed by atoms with Gasteiger partial charge in [0.05, 0.1) is 22.1 Å². The fourth-order valence-corrected chi connectivity index (χ4v) is 4.08. The number of nitrogens with zero attached hydrogens (tertiary/aromatic N) is 1. The van der Waals surface area contributed by atoms with Gasteiger partial charge in [0.1, 0.15) is 5.82 Å². The Morgan fingerprint density at radius 1 is 1.10 bits per heavy atom. The topological polar surface area (TPSA) is 99.3 Å². The summed E-state index contributed by atoms with van der Waals surface area (Å²) in [6, 6.07) is 11.7. The summed E-state index contributed by atoms with van der Waals surface area (Å²) in [6.45, 7) is 2.30. The van der Waals surface area contributed by atoms with Crippen LogP contribution in [0, 0.1) is 5.82 Å². The van der Waals surface area contributed by atoms with Crippen LogP contribution in [0.25, 0.3) is 21.7 Å². The van der Waals surface area contributed by atoms with Gasteiger partial charge in [0.2, 0.25) is 15.0 Å². The highest BCUT2D eigenvalue weighted by molar-refractivity contribution is 7.89. The third-order valence-electron chi connectivity index (χ3n) is 4.10. The van der Waals surface area contributed by atoms with Crippen LogP contribution in [0.15, 0.2) is 53.4 Å². The molecule has 1 heterocycles. The number of thiazole rings is 1. The lowest BCUT2D eigenvalue weighted by Crippen LogP contribution is -2.11. The van der Waals surface area contributed by atoms with Gasteiger partial charge in [-0.2, -0.15) is 0 Å². The number of nitrogens with two attached hydrogens (primary N) is 1. The van der Waals surface area contributed by atoms with Crippen LogP contribution < -0.4 is 5.14 Å². The number of carbonyl (C=O) groups excluding carboxylic acids is 1. The fourth-order valence-electron chi connectivity index (χ4n) is 2.57. The molecule has 0 spiro atoms. The van der Waals surface area contributed by atoms with Crippen LogP contribution in [0.4, 0.5) is 4.39 Å². The molecule has 0 fully saturated rings. The summed E-state index contributed by atoms with van der Waals surface area (Å²) >= 11 is 1.14. The second kappa shape index (κ2) is 8.81. The van der Waals surface area contributed by atoms with Gasteiger partial charge >= 0.3 is 5.97 Å². The van der Waals surface area contributed by atoms with E-state index in [-0.39, 0.29) is 15.7 Å². The number of hydrogen-bond donors (Lipinski definition) is 1. The molecular formula is C20H19FN2O4S2. The van der Waals surface area contributed by atoms with Gasteiger partial charge in [-0.05, 0) is 36.2 Å². The zero-order valence-electron chi connectivity index (χ0n) is 15.6. The van der Waals surface area contributed by atoms with Gasteiger partial charge < -0.3 is 4.74 Å². The molecule has 0 saturated carbocycles. The molecule has 0 bridgehead atoms. The van der Waals surface area contributed by atoms with Gasteiger partial charge in [-0.25, -0.2) is 27.7 Å². The minimum atomic E-state index is -3.82. The quantitative estimate of drug-likeness (QED) is 0.443. The summed E-state index contributed by atoms with van der Waals surface area (Å²) in [5.41, 5.74) is 1.76. The number of unbranched alkanes of at least 4 members (excludes halogenated alkanes) is 1. The molecular weight excluding hydrogens is 415 g/mol. The summed E-state index contributed by atoms with van der Waals surface area (Å²) in [5.74, 6) is -0.907. The number of rotatable bonds is 7. The van der Waals surface area contributed by atoms with E-state index in [1.165, 1.54) is 24.3 Å². The second-order valence-electron chi connectivity index (χ2n) is 6.26. The molecule has 0 aliphatic carbocycles. The Balaban J connectivity index is 2.04. The lowest BCUT2D eigenvalue weighted by molar-refractivity contribution is 0.0499. The third kappa shape index (κ3) is 5.06. The molecule has 0 atom stereocenters. The standard InChI is InChI=1S/C20H19FN2O4S2/c1-2-3-12-27-20(24)19-23-17(13-6-10-16(11-7-13)29(22,25)26)18(28-19)14-4-8-15(21)9-5-14/h4-11H,2-3,12H2,1H3,(H2,22,25,26). The zero-order chi connectivity index (χ0) is 21.0. The minimum absolute atomic E-state index is 0.0287. The Morgan fingerprint density at radius 3 is 2.31 bits per heavy atom. The van der Waals surface area contributed by atoms with Crippen molar-refractivity contribution in [1.29, 1.82) is 0 Å². The number of benzene rings is 2. The van der Waals surface area contributed by atoms with Gasteiger partial charge in [0.15, 0.2) is 0 Å². The summed E-state index contributed by atoms with van der Waals surface area (Å²) < 4.78 is 41.6. The first-order chi connectivity index (χ1) is 13.8. The van der Waals surface area contributed by atoms with E-state index in [4.69, 9.17) is 9.88 Å². The van der Waals surface area contributed by atoms with Crippen LogP contribution in [0.2, 0.25) is 0 Å². The van der Waals surface area contributed by atoms with Crippen LogP contribution in [0.1, 0.15) is 29.6 Å². The molecule has 0 unspecified atom stereocenters. The minimum Gasteiger partial charge on any atom is -0.460 e. The van der Waals surface area contributed by atoms with Crippen molar-refractivity contribution in [3.05, 3.63) is 59.4 Å². The second-order valence-corrected chi connectivity index (χ2v) is 8.82. The normalized spacial score (nSPS) is 11.4. The molecule has 1 aromatic heterocycles. The molecule has 9 heteroatoms. The Morgan fingerprint density at radius 2 is 1.72 bits per heavy atom. The van der Waals surface area contributed by atoms with E-state index in [1.54, 1.807) is 24.3 Å². The molecule has 0 saturated heterocycles. The van der Waals surface area contributed by atoms with E-state index in [1.807, 2.05) is 6.92 Å². The maximum atomic E-state index is 13.3. The molecule has 0 radical (unpaired) electrons. The lowest BCUT2D eigenvalue weighted by atomic mass is 10.1. The summed E-state index contributed by atoms with van der Waals surface area (Å²) in [7, 11) is -3.82. The van der Waals surface area contributed by atoms with E-state index in [9.17, 15) is 17.6 Å². The Labute approximate surface area is 172 Å². The van der Waals surface area contributed by atoms with Gasteiger partial charge in [-0.15, -0.1) is 11.3 Å². The molecule has 29 heavy (non-hydrogen) atoms. The van der Waals surface area contributed by atoms with Crippen molar-refractivity contribution in [3.8, 4) is 21.7 Å². The fraction of sp³-hybridized carbons (Fsp3) is 0.200. The molecule has 3 aromatic rings. The maximum absolute atomic E-state index is 13.3. The first-order valence-electron chi connectivity index (χ1n) is 8.86. The van der Waals surface area contributed by atoms with E-state index in [2.05, 4.69) is 4.98 Å². The van der Waals surface area contributed by atoms with E-state index >= 15 is 0 Å². The first kappa shape index (κ1) is 21.1. The number of aromatic nitrogens is 1. The number of carbonyl (C=O) groups is 1. The van der Waals surface area contributed by atoms with E-state index in [0.717, 1.165) is 24.2 Å². The van der Waals surface area contributed by atoms with Crippen LogP contribution in [0.5, 0.6) is 0 Å². The molecule has 0 amide bonds. The van der Waals surface area contributed by atoms with E-state index < -0.39 is 16.0 Å². The average Bonchev–Trinajstić information content (AvgIpc) is 3.13. The van der Waals surface area contributed by atoms with Gasteiger partial charge in [-0.1, -0.05) is 37.6 Å². The number of ether oxygens (including phenoxy) is 1. The van der Waals surface area contributed by atoms with Crippen molar-refractivity contribution in [2.75, 3.05) is 6.61 Å². The predicted molar refractivity (Wildman–Crippen MR) is 110 cm³/mol. The number of sulfonamides is 1. The number of primary sulfonamides is 1. The molecule has 152 valence electrons. The highest BCUT2D eigenvalue weighted by Crippen LogP contribution is 2.37. The van der Waals surface area contributed by atoms with Crippen molar-refractivity contribution >= 4 is 27.3 Å². The van der Waals surface area contributed by atoms with E-state index in [0.29, 0.717) is 28.3 Å². The molecule has 2 aromatic carbocycles. The highest BCUT2D eigenvalue weighted by atomic mass is 32.2. The summed E-state index contributed by atoms with van der Waals surface area (Å²) in [6.07, 6.45) is 1.65. The number of esters is 1. The maximum Gasteiger partial charge on any atom is 0.367 e. The molecule has 2 N–H and O–H groups in total. The van der Waals surface area contributed by atoms with Gasteiger partial charge in [-0.3, -0.25) is 0 Å². The van der Waals surface area contributed by atoms with Crippen molar-refractivity contribution in [2.45, 2.75) is 24.7 Å². The van der Waals surface area contributed by atoms with Crippen molar-refractivity contribution in [1.82, 2.24) is 4.98 Å². The monoisotopic (exact) mass is 434 g/mol. The largest absolute Gasteiger partial charge is 0.460 e. The Bertz CT molecular complexity index is 1110. The van der Waals surface area contributed by atoms with Crippen LogP contribution in [0.3, 0.4) is 0 Å². The Kier molecular flexibility index (Phi) is 6.41. The molecule has 3 rings (SSSR count). The molecule has 0 aliphatic rings. The number of halogens is 1. The predicted octanol–water partition coefficient (Wildman–Crippen LogP) is 4.22. The van der Waals surface area contributed by atoms with Crippen LogP contribution in [-0.4, -0.2) is 26.0 Å². The van der Waals surface area contributed by atoms with Crippen molar-refractivity contribution in [3.63, 3.8) is 0 Å². The van der Waals surface area contributed by atoms with Gasteiger partial charge in [0, 0.05) is 5.56 Å². The van der Waals surface area contributed by atoms with Crippen LogP contribution in [-0.2, 0) is 14.8 Å². The highest BCUT2D eigenvalue weighted by Gasteiger charge is 2.21. The molecule has 0 aliphatic heterocycles. The molecule has 6 nitrogen and oxygen atoms in total. The van der Waals surface area contributed by atoms with Crippen molar-refractivity contribution in [2.24, 2.45) is 5.14 Å². The van der Waals surface area contributed by atoms with Crippen molar-refractivity contribution < 1.29 is 22.3 Å². The first-order valence-corrected chi connectivity index (χ1v) is 11.2. The Hall–Kier alpha value is -2.62. The van der Waals surface area contributed by atoms with Gasteiger partial charge in [0.25, 0.3) is 0 Å². The third-order valence-corrected chi connectivity index (χ3v) is 6.11. The van der Waals surface area contributed by atoms with Crippen LogP contribution >= 0.6 is 11.3 Å². The zero-order valence-corrected chi connectivity index (χ0v) is 17.2. The smallest absolute Gasteiger partial charge is 0.367 e. The lowest BCUT2D eigenvalue weighted by Gasteiger charge is -2.04. The summed E-state index contributed by atoms with van der Waals surface area (Å²) in [5, 5.41) is 5.32. The summed E-state index contributed by atoms with van der Waals surface area (Å²) in [4.78, 5) is 17.4.